The third-order valence-electron chi connectivity index (χ3n) is 5.55. The van der Waals surface area contributed by atoms with E-state index < -0.39 is 0 Å². The third-order valence-corrected chi connectivity index (χ3v) is 5.55. The van der Waals surface area contributed by atoms with Gasteiger partial charge in [-0.2, -0.15) is 4.98 Å². The predicted octanol–water partition coefficient (Wildman–Crippen LogP) is 4.17. The Bertz CT molecular complexity index is 1060. The van der Waals surface area contributed by atoms with E-state index in [0.717, 1.165) is 24.2 Å². The van der Waals surface area contributed by atoms with Crippen molar-refractivity contribution in [2.24, 2.45) is 0 Å². The van der Waals surface area contributed by atoms with E-state index in [9.17, 15) is 4.79 Å². The molecule has 0 N–H and O–H groups in total. The molecule has 1 aromatic heterocycles. The minimum atomic E-state index is -0.00297. The molecular weight excluding hydrogens is 410 g/mol. The number of carbonyl (C=O) groups excluding carboxylic acids is 1. The number of carbonyl (C=O) groups is 1. The molecule has 32 heavy (non-hydrogen) atoms. The van der Waals surface area contributed by atoms with Crippen LogP contribution in [-0.2, 0) is 0 Å². The fourth-order valence-electron chi connectivity index (χ4n) is 3.90. The minimum absolute atomic E-state index is 0.00243. The minimum Gasteiger partial charge on any atom is -0.494 e. The lowest BCUT2D eigenvalue weighted by molar-refractivity contribution is 0.0695. The summed E-state index contributed by atoms with van der Waals surface area (Å²) < 4.78 is 21.7. The molecule has 168 valence electrons. The number of aromatic nitrogens is 2. The van der Waals surface area contributed by atoms with Crippen molar-refractivity contribution >= 4 is 5.91 Å². The highest BCUT2D eigenvalue weighted by Crippen LogP contribution is 2.33. The first-order valence-corrected chi connectivity index (χ1v) is 10.7. The van der Waals surface area contributed by atoms with Crippen LogP contribution in [0.15, 0.2) is 47.0 Å². The molecule has 8 nitrogen and oxygen atoms in total. The van der Waals surface area contributed by atoms with Crippen molar-refractivity contribution in [2.45, 2.75) is 25.7 Å². The molecule has 1 aliphatic heterocycles. The average molecular weight is 437 g/mol. The molecule has 0 bridgehead atoms. The number of hydrogen-bond donors (Lipinski definition) is 0. The Kier molecular flexibility index (Phi) is 6.58. The van der Waals surface area contributed by atoms with Gasteiger partial charge in [0, 0.05) is 24.2 Å². The van der Waals surface area contributed by atoms with Gasteiger partial charge in [-0.25, -0.2) is 0 Å². The Labute approximate surface area is 187 Å². The molecule has 1 fully saturated rings. The zero-order valence-corrected chi connectivity index (χ0v) is 18.5. The van der Waals surface area contributed by atoms with Gasteiger partial charge in [0.05, 0.1) is 26.7 Å². The first-order valence-electron chi connectivity index (χ1n) is 10.7. The van der Waals surface area contributed by atoms with Gasteiger partial charge in [-0.05, 0) is 62.2 Å². The van der Waals surface area contributed by atoms with Crippen molar-refractivity contribution in [1.29, 1.82) is 0 Å². The first-order chi connectivity index (χ1) is 15.6. The van der Waals surface area contributed by atoms with Crippen molar-refractivity contribution in [1.82, 2.24) is 15.0 Å². The molecule has 1 unspecified atom stereocenters. The van der Waals surface area contributed by atoms with Gasteiger partial charge in [-0.15, -0.1) is 0 Å². The van der Waals surface area contributed by atoms with Gasteiger partial charge in [0.25, 0.3) is 5.91 Å². The third kappa shape index (κ3) is 4.54. The summed E-state index contributed by atoms with van der Waals surface area (Å²) in [6.07, 6.45) is 1.77. The average Bonchev–Trinajstić information content (AvgIpc) is 3.34. The number of amides is 1. The molecule has 0 aliphatic carbocycles. The summed E-state index contributed by atoms with van der Waals surface area (Å²) in [6.45, 7) is 3.77. The number of hydrogen-bond acceptors (Lipinski definition) is 7. The predicted molar refractivity (Wildman–Crippen MR) is 118 cm³/mol. The summed E-state index contributed by atoms with van der Waals surface area (Å²) in [5, 5.41) is 4.15. The number of likely N-dealkylation sites (tertiary alicyclic amines) is 1. The highest BCUT2D eigenvalue weighted by molar-refractivity contribution is 5.94. The Morgan fingerprint density at radius 3 is 2.62 bits per heavy atom. The van der Waals surface area contributed by atoms with Crippen LogP contribution >= 0.6 is 0 Å². The van der Waals surface area contributed by atoms with Crippen molar-refractivity contribution in [3.8, 4) is 28.6 Å². The number of ether oxygens (including phenoxy) is 3. The molecule has 1 aliphatic rings. The van der Waals surface area contributed by atoms with Crippen LogP contribution in [0.5, 0.6) is 17.2 Å². The largest absolute Gasteiger partial charge is 0.494 e. The second-order valence-corrected chi connectivity index (χ2v) is 7.57. The number of nitrogens with zero attached hydrogens (tertiary/aromatic N) is 3. The van der Waals surface area contributed by atoms with Crippen LogP contribution in [-0.4, -0.2) is 54.9 Å². The molecule has 3 aromatic rings. The SMILES string of the molecule is CCOc1ccc(C(=O)N2CCCC(c3nc(-c4ccc(OC)c(OC)c4)no3)C2)cc1. The van der Waals surface area contributed by atoms with E-state index >= 15 is 0 Å². The van der Waals surface area contributed by atoms with Crippen molar-refractivity contribution < 1.29 is 23.5 Å². The van der Waals surface area contributed by atoms with Crippen molar-refractivity contribution in [2.75, 3.05) is 33.9 Å². The number of piperidine rings is 1. The van der Waals surface area contributed by atoms with E-state index in [1.807, 2.05) is 42.2 Å². The monoisotopic (exact) mass is 437 g/mol. The Balaban J connectivity index is 1.47. The lowest BCUT2D eigenvalue weighted by Crippen LogP contribution is -2.39. The van der Waals surface area contributed by atoms with E-state index in [-0.39, 0.29) is 11.8 Å². The maximum absolute atomic E-state index is 13.0. The second kappa shape index (κ2) is 9.72. The zero-order valence-electron chi connectivity index (χ0n) is 18.5. The van der Waals surface area contributed by atoms with Gasteiger partial charge in [0.15, 0.2) is 11.5 Å². The first kappa shape index (κ1) is 21.7. The van der Waals surface area contributed by atoms with Gasteiger partial charge in [-0.1, -0.05) is 5.16 Å². The molecule has 0 radical (unpaired) electrons. The quantitative estimate of drug-likeness (QED) is 0.548. The molecule has 2 aromatic carbocycles. The molecule has 1 amide bonds. The Hall–Kier alpha value is -3.55. The van der Waals surface area contributed by atoms with Gasteiger partial charge >= 0.3 is 0 Å². The molecule has 4 rings (SSSR count). The van der Waals surface area contributed by atoms with Crippen LogP contribution in [0, 0.1) is 0 Å². The van der Waals surface area contributed by atoms with Crippen molar-refractivity contribution in [3.63, 3.8) is 0 Å². The van der Waals surface area contributed by atoms with Gasteiger partial charge in [-0.3, -0.25) is 4.79 Å². The van der Waals surface area contributed by atoms with Crippen LogP contribution in [0.4, 0.5) is 0 Å². The van der Waals surface area contributed by atoms with Crippen LogP contribution in [0.2, 0.25) is 0 Å². The Morgan fingerprint density at radius 1 is 1.12 bits per heavy atom. The van der Waals surface area contributed by atoms with E-state index in [0.29, 0.717) is 48.5 Å². The normalized spacial score (nSPS) is 16.0. The smallest absolute Gasteiger partial charge is 0.253 e. The fourth-order valence-corrected chi connectivity index (χ4v) is 3.90. The van der Waals surface area contributed by atoms with E-state index in [2.05, 4.69) is 10.1 Å². The summed E-state index contributed by atoms with van der Waals surface area (Å²) in [5.74, 6) is 3.01. The summed E-state index contributed by atoms with van der Waals surface area (Å²) in [4.78, 5) is 19.5. The maximum atomic E-state index is 13.0. The van der Waals surface area contributed by atoms with Crippen molar-refractivity contribution in [3.05, 3.63) is 53.9 Å². The molecule has 2 heterocycles. The number of methoxy groups -OCH3 is 2. The highest BCUT2D eigenvalue weighted by Gasteiger charge is 2.29. The number of benzene rings is 2. The van der Waals surface area contributed by atoms with Crippen LogP contribution in [0.1, 0.15) is 41.9 Å². The topological polar surface area (TPSA) is 86.9 Å². The van der Waals surface area contributed by atoms with Crippen LogP contribution in [0.3, 0.4) is 0 Å². The van der Waals surface area contributed by atoms with E-state index in [1.165, 1.54) is 0 Å². The molecule has 1 atom stereocenters. The zero-order chi connectivity index (χ0) is 22.5. The Morgan fingerprint density at radius 2 is 1.91 bits per heavy atom. The molecule has 0 saturated carbocycles. The summed E-state index contributed by atoms with van der Waals surface area (Å²) in [7, 11) is 3.18. The van der Waals surface area contributed by atoms with Gasteiger partial charge < -0.3 is 23.6 Å². The molecule has 0 spiro atoms. The molecule has 1 saturated heterocycles. The highest BCUT2D eigenvalue weighted by atomic mass is 16.5. The molecular formula is C24H27N3O5. The van der Waals surface area contributed by atoms with E-state index in [4.69, 9.17) is 18.7 Å². The lowest BCUT2D eigenvalue weighted by Gasteiger charge is -2.31. The van der Waals surface area contributed by atoms with Gasteiger partial charge in [0.1, 0.15) is 5.75 Å². The fraction of sp³-hybridized carbons (Fsp3) is 0.375. The second-order valence-electron chi connectivity index (χ2n) is 7.57. The summed E-state index contributed by atoms with van der Waals surface area (Å²) in [5.41, 5.74) is 1.42. The lowest BCUT2D eigenvalue weighted by atomic mass is 9.97. The standard InChI is InChI=1S/C24H27N3O5/c1-4-31-19-10-7-16(8-11-19)24(28)27-13-5-6-18(15-27)23-25-22(26-32-23)17-9-12-20(29-2)21(14-17)30-3/h7-12,14,18H,4-6,13,15H2,1-3H3. The van der Waals surface area contributed by atoms with Gasteiger partial charge in [0.2, 0.25) is 11.7 Å². The summed E-state index contributed by atoms with van der Waals surface area (Å²) in [6, 6.07) is 12.7. The van der Waals surface area contributed by atoms with Crippen LogP contribution in [0.25, 0.3) is 11.4 Å². The summed E-state index contributed by atoms with van der Waals surface area (Å²) >= 11 is 0. The maximum Gasteiger partial charge on any atom is 0.253 e. The van der Waals surface area contributed by atoms with E-state index in [1.54, 1.807) is 26.4 Å². The molecule has 8 heteroatoms. The number of rotatable bonds is 7. The van der Waals surface area contributed by atoms with Crippen LogP contribution < -0.4 is 14.2 Å².